The Morgan fingerprint density at radius 3 is 2.57 bits per heavy atom. The molecule has 0 fully saturated rings. The summed E-state index contributed by atoms with van der Waals surface area (Å²) < 4.78 is 5.97. The lowest BCUT2D eigenvalue weighted by Gasteiger charge is -2.27. The van der Waals surface area contributed by atoms with Gasteiger partial charge in [-0.25, -0.2) is 0 Å². The average molecular weight is 426 g/mol. The molecule has 0 spiro atoms. The molecule has 7 heteroatoms. The molecule has 116 valence electrons. The lowest BCUT2D eigenvalue weighted by atomic mass is 10.1. The topological polar surface area (TPSA) is 66.8 Å². The number of benzene rings is 1. The van der Waals surface area contributed by atoms with Gasteiger partial charge in [0, 0.05) is 9.61 Å². The van der Waals surface area contributed by atoms with Gasteiger partial charge in [0.05, 0.1) is 17.7 Å². The molecule has 1 rings (SSSR count). The molecular formula is C14H17ClINO4. The molecule has 0 aliphatic carbocycles. The van der Waals surface area contributed by atoms with E-state index in [4.69, 9.17) is 21.4 Å². The maximum Gasteiger partial charge on any atom is 0.323 e. The molecule has 1 unspecified atom stereocenters. The molecule has 21 heavy (non-hydrogen) atoms. The second kappa shape index (κ2) is 7.84. The molecule has 0 bridgehead atoms. The Morgan fingerprint density at radius 1 is 1.48 bits per heavy atom. The molecule has 1 aromatic carbocycles. The van der Waals surface area contributed by atoms with Crippen LogP contribution in [0.3, 0.4) is 0 Å². The fraction of sp³-hybridized carbons (Fsp3) is 0.429. The number of nitrogens with zero attached hydrogens (tertiary/aromatic N) is 1. The monoisotopic (exact) mass is 425 g/mol. The van der Waals surface area contributed by atoms with E-state index in [9.17, 15) is 9.59 Å². The van der Waals surface area contributed by atoms with Crippen LogP contribution in [0.15, 0.2) is 12.1 Å². The second-order valence-electron chi connectivity index (χ2n) is 4.55. The molecule has 1 amide bonds. The molecule has 0 aliphatic heterocycles. The Bertz CT molecular complexity index is 550. The van der Waals surface area contributed by atoms with Crippen LogP contribution in [0.1, 0.15) is 30.6 Å². The third kappa shape index (κ3) is 4.47. The van der Waals surface area contributed by atoms with Crippen LogP contribution >= 0.6 is 34.2 Å². The van der Waals surface area contributed by atoms with E-state index < -0.39 is 11.9 Å². The van der Waals surface area contributed by atoms with E-state index in [0.717, 1.165) is 3.57 Å². The SMILES string of the molecule is CCC(C)N(CC(=O)O)C(=O)c1cc(Cl)c(I)cc1OC. The number of halogens is 2. The van der Waals surface area contributed by atoms with Crippen LogP contribution in [0.25, 0.3) is 0 Å². The van der Waals surface area contributed by atoms with Crippen molar-refractivity contribution in [2.24, 2.45) is 0 Å². The van der Waals surface area contributed by atoms with Gasteiger partial charge in [-0.2, -0.15) is 0 Å². The summed E-state index contributed by atoms with van der Waals surface area (Å²) in [6.45, 7) is 3.34. The number of carboxylic acids is 1. The van der Waals surface area contributed by atoms with Crippen molar-refractivity contribution in [2.45, 2.75) is 26.3 Å². The molecule has 1 atom stereocenters. The molecule has 0 aliphatic rings. The maximum atomic E-state index is 12.6. The van der Waals surface area contributed by atoms with Crippen molar-refractivity contribution in [1.29, 1.82) is 0 Å². The van der Waals surface area contributed by atoms with Gasteiger partial charge in [0.25, 0.3) is 5.91 Å². The largest absolute Gasteiger partial charge is 0.496 e. The lowest BCUT2D eigenvalue weighted by Crippen LogP contribution is -2.42. The molecule has 0 saturated heterocycles. The van der Waals surface area contributed by atoms with E-state index >= 15 is 0 Å². The zero-order chi connectivity index (χ0) is 16.2. The van der Waals surface area contributed by atoms with Crippen molar-refractivity contribution in [2.75, 3.05) is 13.7 Å². The standard InChI is InChI=1S/C14H17ClINO4/c1-4-8(2)17(7-13(18)19)14(20)9-5-10(15)11(16)6-12(9)21-3/h5-6,8H,4,7H2,1-3H3,(H,18,19). The number of hydrogen-bond donors (Lipinski definition) is 1. The number of methoxy groups -OCH3 is 1. The van der Waals surface area contributed by atoms with E-state index in [2.05, 4.69) is 0 Å². The van der Waals surface area contributed by atoms with E-state index in [0.29, 0.717) is 17.2 Å². The molecule has 0 saturated carbocycles. The minimum atomic E-state index is -1.06. The molecule has 0 aromatic heterocycles. The van der Waals surface area contributed by atoms with Crippen LogP contribution in [0.4, 0.5) is 0 Å². The van der Waals surface area contributed by atoms with Crippen LogP contribution in [-0.4, -0.2) is 41.6 Å². The van der Waals surface area contributed by atoms with Crippen LogP contribution < -0.4 is 4.74 Å². The summed E-state index contributed by atoms with van der Waals surface area (Å²) >= 11 is 8.10. The number of hydrogen-bond acceptors (Lipinski definition) is 3. The lowest BCUT2D eigenvalue weighted by molar-refractivity contribution is -0.138. The minimum absolute atomic E-state index is 0.198. The summed E-state index contributed by atoms with van der Waals surface area (Å²) in [4.78, 5) is 24.9. The van der Waals surface area contributed by atoms with E-state index in [-0.39, 0.29) is 18.2 Å². The van der Waals surface area contributed by atoms with Gasteiger partial charge in [-0.3, -0.25) is 9.59 Å². The predicted octanol–water partition coefficient (Wildman–Crippen LogP) is 3.28. The fourth-order valence-electron chi connectivity index (χ4n) is 1.81. The third-order valence-corrected chi connectivity index (χ3v) is 4.69. The number of amides is 1. The van der Waals surface area contributed by atoms with Crippen molar-refractivity contribution < 1.29 is 19.4 Å². The number of carbonyl (C=O) groups excluding carboxylic acids is 1. The van der Waals surface area contributed by atoms with Gasteiger partial charge in [-0.15, -0.1) is 0 Å². The summed E-state index contributed by atoms with van der Waals surface area (Å²) in [6.07, 6.45) is 0.652. The Kier molecular flexibility index (Phi) is 6.73. The zero-order valence-corrected chi connectivity index (χ0v) is 14.9. The Labute approximate surface area is 142 Å². The van der Waals surface area contributed by atoms with Gasteiger partial charge in [0.2, 0.25) is 0 Å². The summed E-state index contributed by atoms with van der Waals surface area (Å²) in [5.74, 6) is -1.08. The molecular weight excluding hydrogens is 409 g/mol. The Balaban J connectivity index is 3.25. The van der Waals surface area contributed by atoms with Crippen molar-refractivity contribution >= 4 is 46.1 Å². The van der Waals surface area contributed by atoms with Crippen LogP contribution in [0.2, 0.25) is 5.02 Å². The van der Waals surface area contributed by atoms with Crippen LogP contribution in [0, 0.1) is 3.57 Å². The van der Waals surface area contributed by atoms with Crippen molar-refractivity contribution in [3.05, 3.63) is 26.3 Å². The van der Waals surface area contributed by atoms with E-state index in [1.54, 1.807) is 6.07 Å². The van der Waals surface area contributed by atoms with Gasteiger partial charge in [0.15, 0.2) is 0 Å². The highest BCUT2D eigenvalue weighted by Gasteiger charge is 2.26. The number of ether oxygens (including phenoxy) is 1. The first kappa shape index (κ1) is 18.0. The molecule has 1 N–H and O–H groups in total. The van der Waals surface area contributed by atoms with E-state index in [1.165, 1.54) is 18.1 Å². The second-order valence-corrected chi connectivity index (χ2v) is 6.12. The van der Waals surface area contributed by atoms with Gasteiger partial charge in [0.1, 0.15) is 12.3 Å². The highest BCUT2D eigenvalue weighted by atomic mass is 127. The molecule has 0 heterocycles. The summed E-state index contributed by atoms with van der Waals surface area (Å²) in [5.41, 5.74) is 0.268. The van der Waals surface area contributed by atoms with Crippen LogP contribution in [0.5, 0.6) is 5.75 Å². The number of aliphatic carboxylic acids is 1. The van der Waals surface area contributed by atoms with Crippen molar-refractivity contribution in [3.8, 4) is 5.75 Å². The number of carbonyl (C=O) groups is 2. The van der Waals surface area contributed by atoms with Gasteiger partial charge < -0.3 is 14.7 Å². The Hall–Kier alpha value is -1.02. The van der Waals surface area contributed by atoms with Gasteiger partial charge in [-0.05, 0) is 48.1 Å². The smallest absolute Gasteiger partial charge is 0.323 e. The molecule has 5 nitrogen and oxygen atoms in total. The summed E-state index contributed by atoms with van der Waals surface area (Å²) in [6, 6.07) is 2.98. The summed E-state index contributed by atoms with van der Waals surface area (Å²) in [5, 5.41) is 9.43. The van der Waals surface area contributed by atoms with Crippen molar-refractivity contribution in [3.63, 3.8) is 0 Å². The number of rotatable bonds is 6. The van der Waals surface area contributed by atoms with Crippen LogP contribution in [-0.2, 0) is 4.79 Å². The van der Waals surface area contributed by atoms with Crippen molar-refractivity contribution in [1.82, 2.24) is 4.90 Å². The molecule has 1 aromatic rings. The van der Waals surface area contributed by atoms with Gasteiger partial charge >= 0.3 is 5.97 Å². The zero-order valence-electron chi connectivity index (χ0n) is 12.0. The average Bonchev–Trinajstić information content (AvgIpc) is 2.45. The van der Waals surface area contributed by atoms with E-state index in [1.807, 2.05) is 36.4 Å². The Morgan fingerprint density at radius 2 is 2.10 bits per heavy atom. The third-order valence-electron chi connectivity index (χ3n) is 3.16. The maximum absolute atomic E-state index is 12.6. The fourth-order valence-corrected chi connectivity index (χ4v) is 2.42. The highest BCUT2D eigenvalue weighted by Crippen LogP contribution is 2.29. The highest BCUT2D eigenvalue weighted by molar-refractivity contribution is 14.1. The first-order chi connectivity index (χ1) is 9.81. The van der Waals surface area contributed by atoms with Gasteiger partial charge in [-0.1, -0.05) is 18.5 Å². The number of carboxylic acid groups (broad SMARTS) is 1. The molecule has 0 radical (unpaired) electrons. The minimum Gasteiger partial charge on any atom is -0.496 e. The quantitative estimate of drug-likeness (QED) is 0.710. The first-order valence-corrected chi connectivity index (χ1v) is 7.83. The summed E-state index contributed by atoms with van der Waals surface area (Å²) in [7, 11) is 1.46. The first-order valence-electron chi connectivity index (χ1n) is 6.37. The predicted molar refractivity (Wildman–Crippen MR) is 89.1 cm³/mol. The normalized spacial score (nSPS) is 11.9.